The minimum atomic E-state index is -3.29. The lowest BCUT2D eigenvalue weighted by Gasteiger charge is -2.34. The van der Waals surface area contributed by atoms with Crippen LogP contribution in [-0.2, 0) is 22.3 Å². The van der Waals surface area contributed by atoms with E-state index in [0.717, 1.165) is 16.9 Å². The highest BCUT2D eigenvalue weighted by atomic mass is 35.5. The quantitative estimate of drug-likeness (QED) is 0.755. The van der Waals surface area contributed by atoms with Crippen molar-refractivity contribution in [3.05, 3.63) is 64.7 Å². The summed E-state index contributed by atoms with van der Waals surface area (Å²) in [5.41, 5.74) is 1.83. The Labute approximate surface area is 160 Å². The van der Waals surface area contributed by atoms with Crippen LogP contribution in [0.2, 0.25) is 5.02 Å². The van der Waals surface area contributed by atoms with Crippen LogP contribution in [0.3, 0.4) is 0 Å². The lowest BCUT2D eigenvalue weighted by atomic mass is 10.1. The average molecular weight is 395 g/mol. The summed E-state index contributed by atoms with van der Waals surface area (Å²) in [6, 6.07) is 14.9. The van der Waals surface area contributed by atoms with E-state index in [1.807, 2.05) is 42.5 Å². The Kier molecular flexibility index (Phi) is 6.19. The molecule has 7 heteroatoms. The van der Waals surface area contributed by atoms with Crippen molar-refractivity contribution < 1.29 is 13.2 Å². The van der Waals surface area contributed by atoms with Gasteiger partial charge in [0.25, 0.3) is 0 Å². The second-order valence-electron chi connectivity index (χ2n) is 6.37. The highest BCUT2D eigenvalue weighted by Crippen LogP contribution is 2.25. The Morgan fingerprint density at radius 2 is 1.73 bits per heavy atom. The molecular formula is C19H23ClN2O3S. The smallest absolute Gasteiger partial charge is 0.218 e. The first-order chi connectivity index (χ1) is 12.5. The Morgan fingerprint density at radius 3 is 2.38 bits per heavy atom. The second kappa shape index (κ2) is 8.39. The molecular weight excluding hydrogens is 372 g/mol. The molecule has 1 heterocycles. The molecule has 1 aliphatic heterocycles. The van der Waals surface area contributed by atoms with Crippen molar-refractivity contribution in [2.24, 2.45) is 0 Å². The number of ether oxygens (including phenoxy) is 1. The van der Waals surface area contributed by atoms with Crippen LogP contribution in [0.25, 0.3) is 0 Å². The fraction of sp³-hybridized carbons (Fsp3) is 0.368. The van der Waals surface area contributed by atoms with E-state index in [9.17, 15) is 8.42 Å². The van der Waals surface area contributed by atoms with Gasteiger partial charge in [0, 0.05) is 43.3 Å². The number of hydrogen-bond donors (Lipinski definition) is 0. The molecule has 0 unspecified atom stereocenters. The molecule has 0 N–H and O–H groups in total. The van der Waals surface area contributed by atoms with E-state index < -0.39 is 10.0 Å². The van der Waals surface area contributed by atoms with Gasteiger partial charge in [0.05, 0.1) is 12.9 Å². The van der Waals surface area contributed by atoms with Gasteiger partial charge in [-0.1, -0.05) is 41.9 Å². The fourth-order valence-electron chi connectivity index (χ4n) is 3.15. The zero-order valence-corrected chi connectivity index (χ0v) is 16.3. The molecule has 1 fully saturated rings. The summed E-state index contributed by atoms with van der Waals surface area (Å²) in [5, 5.41) is 0.671. The van der Waals surface area contributed by atoms with E-state index in [1.165, 1.54) is 0 Å². The van der Waals surface area contributed by atoms with Crippen molar-refractivity contribution in [3.8, 4) is 5.75 Å². The van der Waals surface area contributed by atoms with Gasteiger partial charge < -0.3 is 4.74 Å². The zero-order valence-electron chi connectivity index (χ0n) is 14.8. The third kappa shape index (κ3) is 4.76. The molecule has 0 radical (unpaired) electrons. The molecule has 0 saturated carbocycles. The first-order valence-corrected chi connectivity index (χ1v) is 10.5. The molecule has 5 nitrogen and oxygen atoms in total. The predicted molar refractivity (Wildman–Crippen MR) is 104 cm³/mol. The summed E-state index contributed by atoms with van der Waals surface area (Å²) in [5.74, 6) is 0.851. The lowest BCUT2D eigenvalue weighted by Crippen LogP contribution is -2.48. The van der Waals surface area contributed by atoms with Crippen LogP contribution in [-0.4, -0.2) is 50.9 Å². The maximum atomic E-state index is 12.6. The number of piperazine rings is 1. The van der Waals surface area contributed by atoms with Gasteiger partial charge in [-0.2, -0.15) is 4.31 Å². The first kappa shape index (κ1) is 19.2. The maximum Gasteiger partial charge on any atom is 0.218 e. The van der Waals surface area contributed by atoms with Crippen LogP contribution in [0, 0.1) is 0 Å². The predicted octanol–water partition coefficient (Wildman–Crippen LogP) is 3.00. The van der Waals surface area contributed by atoms with Gasteiger partial charge in [-0.25, -0.2) is 8.42 Å². The van der Waals surface area contributed by atoms with Crippen molar-refractivity contribution in [1.82, 2.24) is 9.21 Å². The van der Waals surface area contributed by atoms with Crippen LogP contribution in [0.5, 0.6) is 5.75 Å². The maximum absolute atomic E-state index is 12.6. The second-order valence-corrected chi connectivity index (χ2v) is 8.78. The number of halogens is 1. The van der Waals surface area contributed by atoms with Crippen molar-refractivity contribution in [2.45, 2.75) is 12.3 Å². The first-order valence-electron chi connectivity index (χ1n) is 8.54. The summed E-state index contributed by atoms with van der Waals surface area (Å²) in [6.07, 6.45) is 0. The lowest BCUT2D eigenvalue weighted by molar-refractivity contribution is 0.180. The standard InChI is InChI=1S/C19H23ClN2O3S/c1-25-19-8-7-18(20)13-17(19)14-21-9-11-22(12-10-21)26(23,24)15-16-5-3-2-4-6-16/h2-8,13H,9-12,14-15H2,1H3. The molecule has 140 valence electrons. The molecule has 0 amide bonds. The molecule has 1 saturated heterocycles. The van der Waals surface area contributed by atoms with E-state index in [4.69, 9.17) is 16.3 Å². The average Bonchev–Trinajstić information content (AvgIpc) is 2.63. The van der Waals surface area contributed by atoms with Gasteiger partial charge in [-0.15, -0.1) is 0 Å². The molecule has 2 aromatic carbocycles. The van der Waals surface area contributed by atoms with Crippen LogP contribution >= 0.6 is 11.6 Å². The van der Waals surface area contributed by atoms with Crippen molar-refractivity contribution in [3.63, 3.8) is 0 Å². The molecule has 0 spiro atoms. The van der Waals surface area contributed by atoms with Crippen molar-refractivity contribution in [1.29, 1.82) is 0 Å². The topological polar surface area (TPSA) is 49.9 Å². The molecule has 1 aliphatic rings. The molecule has 0 atom stereocenters. The highest BCUT2D eigenvalue weighted by molar-refractivity contribution is 7.88. The summed E-state index contributed by atoms with van der Waals surface area (Å²) < 4.78 is 32.3. The third-order valence-electron chi connectivity index (χ3n) is 4.55. The monoisotopic (exact) mass is 394 g/mol. The molecule has 0 aromatic heterocycles. The van der Waals surface area contributed by atoms with E-state index in [1.54, 1.807) is 17.5 Å². The number of hydrogen-bond acceptors (Lipinski definition) is 4. The molecule has 0 bridgehead atoms. The Bertz CT molecular complexity index is 835. The Balaban J connectivity index is 1.60. The van der Waals surface area contributed by atoms with Crippen LogP contribution in [0.1, 0.15) is 11.1 Å². The number of sulfonamides is 1. The van der Waals surface area contributed by atoms with Gasteiger partial charge >= 0.3 is 0 Å². The van der Waals surface area contributed by atoms with Gasteiger partial charge in [-0.05, 0) is 23.8 Å². The fourth-order valence-corrected chi connectivity index (χ4v) is 4.86. The Hall–Kier alpha value is -1.60. The van der Waals surface area contributed by atoms with Crippen LogP contribution < -0.4 is 4.74 Å². The summed E-state index contributed by atoms with van der Waals surface area (Å²) >= 11 is 6.09. The van der Waals surface area contributed by atoms with Gasteiger partial charge in [-0.3, -0.25) is 4.90 Å². The molecule has 2 aromatic rings. The number of methoxy groups -OCH3 is 1. The van der Waals surface area contributed by atoms with Gasteiger partial charge in [0.2, 0.25) is 10.0 Å². The molecule has 26 heavy (non-hydrogen) atoms. The van der Waals surface area contributed by atoms with Gasteiger partial charge in [0.1, 0.15) is 5.75 Å². The number of rotatable bonds is 6. The highest BCUT2D eigenvalue weighted by Gasteiger charge is 2.27. The van der Waals surface area contributed by atoms with E-state index in [0.29, 0.717) is 37.7 Å². The summed E-state index contributed by atoms with van der Waals surface area (Å²) in [6.45, 7) is 3.06. The van der Waals surface area contributed by atoms with E-state index in [2.05, 4.69) is 4.90 Å². The number of benzene rings is 2. The van der Waals surface area contributed by atoms with Crippen molar-refractivity contribution >= 4 is 21.6 Å². The van der Waals surface area contributed by atoms with Crippen LogP contribution in [0.15, 0.2) is 48.5 Å². The SMILES string of the molecule is COc1ccc(Cl)cc1CN1CCN(S(=O)(=O)Cc2ccccc2)CC1. The zero-order chi connectivity index (χ0) is 18.6. The number of nitrogens with zero attached hydrogens (tertiary/aromatic N) is 2. The van der Waals surface area contributed by atoms with Gasteiger partial charge in [0.15, 0.2) is 0 Å². The Morgan fingerprint density at radius 1 is 1.04 bits per heavy atom. The van der Waals surface area contributed by atoms with E-state index in [-0.39, 0.29) is 5.75 Å². The minimum Gasteiger partial charge on any atom is -0.496 e. The minimum absolute atomic E-state index is 0.0515. The third-order valence-corrected chi connectivity index (χ3v) is 6.64. The summed E-state index contributed by atoms with van der Waals surface area (Å²) in [7, 11) is -1.65. The summed E-state index contributed by atoms with van der Waals surface area (Å²) in [4.78, 5) is 2.22. The largest absolute Gasteiger partial charge is 0.496 e. The van der Waals surface area contributed by atoms with E-state index >= 15 is 0 Å². The van der Waals surface area contributed by atoms with Crippen LogP contribution in [0.4, 0.5) is 0 Å². The molecule has 3 rings (SSSR count). The van der Waals surface area contributed by atoms with Crippen molar-refractivity contribution in [2.75, 3.05) is 33.3 Å². The molecule has 0 aliphatic carbocycles. The normalized spacial score (nSPS) is 16.5.